The van der Waals surface area contributed by atoms with Crippen molar-refractivity contribution in [1.29, 1.82) is 0 Å². The predicted octanol–water partition coefficient (Wildman–Crippen LogP) is 3.19. The molecule has 3 aromatic heterocycles. The molecule has 4 heterocycles. The van der Waals surface area contributed by atoms with Crippen molar-refractivity contribution in [2.24, 2.45) is 0 Å². The number of likely N-dealkylation sites (tertiary alicyclic amines) is 1. The molecule has 0 aliphatic carbocycles. The number of aromatic nitrogens is 4. The molecule has 140 valence electrons. The first-order valence-electron chi connectivity index (χ1n) is 8.83. The van der Waals surface area contributed by atoms with Crippen LogP contribution < -0.4 is 5.32 Å². The molecule has 4 rings (SSSR count). The predicted molar refractivity (Wildman–Crippen MR) is 101 cm³/mol. The molecule has 27 heavy (non-hydrogen) atoms. The second kappa shape index (κ2) is 7.43. The van der Waals surface area contributed by atoms with Gasteiger partial charge in [0.2, 0.25) is 11.0 Å². The van der Waals surface area contributed by atoms with Crippen molar-refractivity contribution in [3.63, 3.8) is 0 Å². The molecule has 0 spiro atoms. The second-order valence-electron chi connectivity index (χ2n) is 6.54. The molecule has 1 aliphatic rings. The highest BCUT2D eigenvalue weighted by atomic mass is 32.1. The molecule has 0 radical (unpaired) electrons. The average Bonchev–Trinajstić information content (AvgIpc) is 3.40. The minimum atomic E-state index is -0.0193. The molecule has 9 heteroatoms. The van der Waals surface area contributed by atoms with Crippen LogP contribution in [-0.2, 0) is 11.2 Å². The molecule has 0 aromatic carbocycles. The molecule has 1 aliphatic heterocycles. The Hall–Kier alpha value is -2.81. The third kappa shape index (κ3) is 3.68. The third-order valence-electron chi connectivity index (χ3n) is 4.79. The molecule has 0 unspecified atom stereocenters. The molecular weight excluding hydrogens is 364 g/mol. The monoisotopic (exact) mass is 384 g/mol. The van der Waals surface area contributed by atoms with E-state index < -0.39 is 0 Å². The molecule has 0 saturated carbocycles. The first-order chi connectivity index (χ1) is 13.1. The Morgan fingerprint density at radius 1 is 1.41 bits per heavy atom. The van der Waals surface area contributed by atoms with Gasteiger partial charge in [-0.05, 0) is 38.8 Å². The highest BCUT2D eigenvalue weighted by Crippen LogP contribution is 2.32. The summed E-state index contributed by atoms with van der Waals surface area (Å²) in [5.74, 6) is 1.49. The summed E-state index contributed by atoms with van der Waals surface area (Å²) in [6.07, 6.45) is 2.18. The molecule has 1 saturated heterocycles. The minimum Gasteiger partial charge on any atom is -0.361 e. The topological polar surface area (TPSA) is 97.0 Å². The number of aryl methyl sites for hydroxylation is 2. The summed E-state index contributed by atoms with van der Waals surface area (Å²) >= 11 is 1.41. The van der Waals surface area contributed by atoms with Crippen LogP contribution >= 0.6 is 11.3 Å². The van der Waals surface area contributed by atoms with Gasteiger partial charge in [-0.25, -0.2) is 4.98 Å². The Labute approximate surface area is 160 Å². The second-order valence-corrected chi connectivity index (χ2v) is 7.37. The van der Waals surface area contributed by atoms with Crippen LogP contribution in [0.3, 0.4) is 0 Å². The Bertz CT molecular complexity index is 920. The number of carbonyl (C=O) groups excluding carboxylic acids is 1. The lowest BCUT2D eigenvalue weighted by atomic mass is 10.1. The number of hydrogen-bond acceptors (Lipinski definition) is 8. The Morgan fingerprint density at radius 2 is 2.30 bits per heavy atom. The summed E-state index contributed by atoms with van der Waals surface area (Å²) in [4.78, 5) is 19.6. The summed E-state index contributed by atoms with van der Waals surface area (Å²) in [5.41, 5.74) is 4.20. The summed E-state index contributed by atoms with van der Waals surface area (Å²) in [6, 6.07) is 5.78. The zero-order valence-electron chi connectivity index (χ0n) is 15.2. The van der Waals surface area contributed by atoms with Crippen molar-refractivity contribution < 1.29 is 9.32 Å². The Morgan fingerprint density at radius 3 is 3.04 bits per heavy atom. The number of nitrogens with zero attached hydrogens (tertiary/aromatic N) is 5. The summed E-state index contributed by atoms with van der Waals surface area (Å²) in [7, 11) is 0. The molecule has 1 atom stereocenters. The van der Waals surface area contributed by atoms with Crippen molar-refractivity contribution in [2.75, 3.05) is 11.9 Å². The molecule has 1 amide bonds. The maximum absolute atomic E-state index is 12.9. The molecule has 8 nitrogen and oxygen atoms in total. The van der Waals surface area contributed by atoms with E-state index in [1.54, 1.807) is 5.51 Å². The number of rotatable bonds is 5. The quantitative estimate of drug-likeness (QED) is 0.721. The number of hydrogen-bond donors (Lipinski definition) is 1. The van der Waals surface area contributed by atoms with Gasteiger partial charge in [0.15, 0.2) is 0 Å². The Balaban J connectivity index is 1.52. The number of carbonyl (C=O) groups is 1. The van der Waals surface area contributed by atoms with E-state index in [-0.39, 0.29) is 11.9 Å². The normalized spacial score (nSPS) is 16.7. The van der Waals surface area contributed by atoms with Crippen LogP contribution in [-0.4, -0.2) is 37.7 Å². The standard InChI is InChI=1S/C18H20N6O2S/c1-11-13(12(2)26-23-11)9-17(25)24-8-4-6-15(24)14-5-3-7-16(20-14)21-18-22-19-10-27-18/h3,5,7,10,15H,4,6,8-9H2,1-2H3,(H,20,21,22)/t15-/m0/s1. The van der Waals surface area contributed by atoms with Gasteiger partial charge in [-0.3, -0.25) is 4.79 Å². The van der Waals surface area contributed by atoms with Crippen molar-refractivity contribution in [3.05, 3.63) is 46.4 Å². The lowest BCUT2D eigenvalue weighted by molar-refractivity contribution is -0.131. The van der Waals surface area contributed by atoms with E-state index in [1.165, 1.54) is 11.3 Å². The lowest BCUT2D eigenvalue weighted by Crippen LogP contribution is -2.32. The van der Waals surface area contributed by atoms with Crippen LogP contribution in [0.4, 0.5) is 10.9 Å². The van der Waals surface area contributed by atoms with Crippen LogP contribution in [0.1, 0.15) is 41.6 Å². The van der Waals surface area contributed by atoms with Gasteiger partial charge in [0, 0.05) is 12.1 Å². The van der Waals surface area contributed by atoms with Crippen LogP contribution in [0.25, 0.3) is 0 Å². The van der Waals surface area contributed by atoms with E-state index in [2.05, 4.69) is 20.7 Å². The van der Waals surface area contributed by atoms with Crippen LogP contribution in [0, 0.1) is 13.8 Å². The number of anilines is 2. The zero-order valence-corrected chi connectivity index (χ0v) is 16.0. The highest BCUT2D eigenvalue weighted by Gasteiger charge is 2.31. The third-order valence-corrected chi connectivity index (χ3v) is 5.40. The van der Waals surface area contributed by atoms with E-state index in [4.69, 9.17) is 9.51 Å². The fourth-order valence-corrected chi connectivity index (χ4v) is 3.88. The number of amides is 1. The lowest BCUT2D eigenvalue weighted by Gasteiger charge is -2.24. The Kier molecular flexibility index (Phi) is 4.85. The molecular formula is C18H20N6O2S. The van der Waals surface area contributed by atoms with Gasteiger partial charge < -0.3 is 14.7 Å². The summed E-state index contributed by atoms with van der Waals surface area (Å²) < 4.78 is 5.18. The van der Waals surface area contributed by atoms with Crippen molar-refractivity contribution in [3.8, 4) is 0 Å². The number of pyridine rings is 1. The van der Waals surface area contributed by atoms with Crippen molar-refractivity contribution in [2.45, 2.75) is 39.2 Å². The molecule has 1 N–H and O–H groups in total. The van der Waals surface area contributed by atoms with Gasteiger partial charge in [-0.15, -0.1) is 10.2 Å². The summed E-state index contributed by atoms with van der Waals surface area (Å²) in [6.45, 7) is 4.45. The first-order valence-corrected chi connectivity index (χ1v) is 9.71. The van der Waals surface area contributed by atoms with E-state index in [0.717, 1.165) is 36.3 Å². The van der Waals surface area contributed by atoms with Gasteiger partial charge in [-0.2, -0.15) is 0 Å². The van der Waals surface area contributed by atoms with Crippen molar-refractivity contribution >= 4 is 28.2 Å². The molecule has 3 aromatic rings. The molecule has 1 fully saturated rings. The fourth-order valence-electron chi connectivity index (χ4n) is 3.42. The average molecular weight is 384 g/mol. The van der Waals surface area contributed by atoms with Crippen LogP contribution in [0.5, 0.6) is 0 Å². The van der Waals surface area contributed by atoms with Gasteiger partial charge in [-0.1, -0.05) is 22.6 Å². The SMILES string of the molecule is Cc1noc(C)c1CC(=O)N1CCC[C@H]1c1cccc(Nc2nncs2)n1. The highest BCUT2D eigenvalue weighted by molar-refractivity contribution is 7.13. The smallest absolute Gasteiger partial charge is 0.227 e. The fraction of sp³-hybridized carbons (Fsp3) is 0.389. The van der Waals surface area contributed by atoms with Crippen LogP contribution in [0.15, 0.2) is 28.2 Å². The largest absolute Gasteiger partial charge is 0.361 e. The van der Waals surface area contributed by atoms with Gasteiger partial charge >= 0.3 is 0 Å². The van der Waals surface area contributed by atoms with E-state index >= 15 is 0 Å². The van der Waals surface area contributed by atoms with E-state index in [0.29, 0.717) is 23.1 Å². The van der Waals surface area contributed by atoms with E-state index in [1.807, 2.05) is 36.9 Å². The van der Waals surface area contributed by atoms with Gasteiger partial charge in [0.1, 0.15) is 17.1 Å². The number of nitrogens with one attached hydrogen (secondary N) is 1. The van der Waals surface area contributed by atoms with Crippen LogP contribution in [0.2, 0.25) is 0 Å². The summed E-state index contributed by atoms with van der Waals surface area (Å²) in [5, 5.41) is 15.6. The molecule has 0 bridgehead atoms. The zero-order chi connectivity index (χ0) is 18.8. The van der Waals surface area contributed by atoms with Gasteiger partial charge in [0.05, 0.1) is 23.9 Å². The minimum absolute atomic E-state index is 0.0193. The maximum atomic E-state index is 12.9. The van der Waals surface area contributed by atoms with Gasteiger partial charge in [0.25, 0.3) is 0 Å². The maximum Gasteiger partial charge on any atom is 0.227 e. The van der Waals surface area contributed by atoms with Crippen molar-refractivity contribution in [1.82, 2.24) is 25.2 Å². The first kappa shape index (κ1) is 17.6. The van der Waals surface area contributed by atoms with E-state index in [9.17, 15) is 4.79 Å².